The van der Waals surface area contributed by atoms with Crippen LogP contribution in [0.2, 0.25) is 0 Å². The van der Waals surface area contributed by atoms with Gasteiger partial charge in [0, 0.05) is 30.7 Å². The maximum atomic E-state index is 13.6. The summed E-state index contributed by atoms with van der Waals surface area (Å²) >= 11 is 0. The first-order valence-corrected chi connectivity index (χ1v) is 11.6. The van der Waals surface area contributed by atoms with Crippen LogP contribution in [0.3, 0.4) is 0 Å². The Morgan fingerprint density at radius 1 is 1.09 bits per heavy atom. The zero-order valence-electron chi connectivity index (χ0n) is 19.3. The zero-order valence-corrected chi connectivity index (χ0v) is 19.3. The molecular weight excluding hydrogens is 430 g/mol. The third-order valence-corrected chi connectivity index (χ3v) is 6.25. The van der Waals surface area contributed by atoms with Crippen molar-refractivity contribution in [3.8, 4) is 11.5 Å². The minimum absolute atomic E-state index is 0.00270. The first-order valence-electron chi connectivity index (χ1n) is 11.6. The molecule has 0 bridgehead atoms. The van der Waals surface area contributed by atoms with E-state index in [9.17, 15) is 9.59 Å². The van der Waals surface area contributed by atoms with E-state index in [2.05, 4.69) is 10.4 Å². The summed E-state index contributed by atoms with van der Waals surface area (Å²) in [5.74, 6) is 0.404. The van der Waals surface area contributed by atoms with Gasteiger partial charge in [0.1, 0.15) is 5.69 Å². The molecule has 3 aromatic heterocycles. The monoisotopic (exact) mass is 457 g/mol. The number of piperidine rings is 1. The van der Waals surface area contributed by atoms with E-state index in [1.165, 1.54) is 0 Å². The van der Waals surface area contributed by atoms with Crippen molar-refractivity contribution >= 4 is 28.5 Å². The number of para-hydroxylation sites is 1. The summed E-state index contributed by atoms with van der Waals surface area (Å²) in [5.41, 5.74) is 2.60. The van der Waals surface area contributed by atoms with Crippen molar-refractivity contribution in [1.82, 2.24) is 19.7 Å². The number of pyridine rings is 1. The Labute approximate surface area is 197 Å². The average molecular weight is 458 g/mol. The third kappa shape index (κ3) is 4.19. The van der Waals surface area contributed by atoms with Gasteiger partial charge in [0.2, 0.25) is 5.91 Å². The van der Waals surface area contributed by atoms with Gasteiger partial charge in [-0.3, -0.25) is 9.59 Å². The lowest BCUT2D eigenvalue weighted by molar-refractivity contribution is -0.121. The van der Waals surface area contributed by atoms with E-state index < -0.39 is 0 Å². The van der Waals surface area contributed by atoms with E-state index in [1.807, 2.05) is 59.8 Å². The van der Waals surface area contributed by atoms with Gasteiger partial charge in [-0.1, -0.05) is 18.2 Å². The summed E-state index contributed by atoms with van der Waals surface area (Å²) in [4.78, 5) is 32.9. The number of hydrogen-bond acceptors (Lipinski definition) is 5. The van der Waals surface area contributed by atoms with E-state index in [4.69, 9.17) is 9.40 Å². The molecule has 0 spiro atoms. The lowest BCUT2D eigenvalue weighted by Crippen LogP contribution is -2.41. The van der Waals surface area contributed by atoms with Gasteiger partial charge in [-0.05, 0) is 57.0 Å². The van der Waals surface area contributed by atoms with Gasteiger partial charge in [-0.2, -0.15) is 5.10 Å². The van der Waals surface area contributed by atoms with E-state index in [0.29, 0.717) is 48.6 Å². The minimum Gasteiger partial charge on any atom is -0.463 e. The number of fused-ring (bicyclic) bond motifs is 1. The van der Waals surface area contributed by atoms with E-state index in [-0.39, 0.29) is 23.8 Å². The molecule has 8 nitrogen and oxygen atoms in total. The van der Waals surface area contributed by atoms with Crippen LogP contribution in [-0.2, 0) is 4.79 Å². The molecule has 0 unspecified atom stereocenters. The molecule has 8 heteroatoms. The molecule has 1 aliphatic rings. The summed E-state index contributed by atoms with van der Waals surface area (Å²) < 4.78 is 7.37. The molecule has 1 N–H and O–H groups in total. The Morgan fingerprint density at radius 2 is 1.85 bits per heavy atom. The third-order valence-electron chi connectivity index (χ3n) is 6.25. The highest BCUT2D eigenvalue weighted by Gasteiger charge is 2.30. The number of amides is 2. The van der Waals surface area contributed by atoms with Gasteiger partial charge in [-0.15, -0.1) is 0 Å². The Morgan fingerprint density at radius 3 is 2.53 bits per heavy atom. The number of likely N-dealkylation sites (tertiary alicyclic amines) is 1. The summed E-state index contributed by atoms with van der Waals surface area (Å²) in [6, 6.07) is 15.0. The maximum Gasteiger partial charge on any atom is 0.254 e. The molecule has 0 atom stereocenters. The molecule has 4 aromatic rings. The van der Waals surface area contributed by atoms with Crippen LogP contribution in [0, 0.1) is 5.92 Å². The molecule has 4 heterocycles. The first kappa shape index (κ1) is 21.9. The number of carbonyl (C=O) groups excluding carboxylic acids is 2. The van der Waals surface area contributed by atoms with Crippen LogP contribution in [0.15, 0.2) is 65.4 Å². The predicted molar refractivity (Wildman–Crippen MR) is 129 cm³/mol. The number of aromatic nitrogens is 3. The van der Waals surface area contributed by atoms with Crippen LogP contribution in [0.5, 0.6) is 0 Å². The summed E-state index contributed by atoms with van der Waals surface area (Å²) in [6.45, 7) is 5.09. The molecule has 1 aromatic carbocycles. The molecule has 0 radical (unpaired) electrons. The zero-order chi connectivity index (χ0) is 23.7. The molecule has 1 saturated heterocycles. The smallest absolute Gasteiger partial charge is 0.254 e. The second kappa shape index (κ2) is 9.13. The number of benzene rings is 1. The van der Waals surface area contributed by atoms with Crippen LogP contribution in [0.25, 0.3) is 22.5 Å². The standard InChI is InChI=1S/C26H27N5O3/c1-17(2)31-24-21(16-27-31)20(15-22(29-24)23-9-6-14-34-23)26(33)30-12-10-18(11-13-30)25(32)28-19-7-4-3-5-8-19/h3-9,14-18H,10-13H2,1-2H3,(H,28,32). The number of hydrogen-bond donors (Lipinski definition) is 1. The largest absolute Gasteiger partial charge is 0.463 e. The topological polar surface area (TPSA) is 93.3 Å². The predicted octanol–water partition coefficient (Wildman–Crippen LogP) is 4.76. The molecule has 174 valence electrons. The van der Waals surface area contributed by atoms with Gasteiger partial charge in [-0.25, -0.2) is 9.67 Å². The number of carbonyl (C=O) groups is 2. The molecule has 34 heavy (non-hydrogen) atoms. The van der Waals surface area contributed by atoms with Gasteiger partial charge >= 0.3 is 0 Å². The van der Waals surface area contributed by atoms with E-state index in [1.54, 1.807) is 24.6 Å². The summed E-state index contributed by atoms with van der Waals surface area (Å²) in [7, 11) is 0. The minimum atomic E-state index is -0.121. The highest BCUT2D eigenvalue weighted by Crippen LogP contribution is 2.29. The SMILES string of the molecule is CC(C)n1ncc2c(C(=O)N3CCC(C(=O)Nc4ccccc4)CC3)cc(-c3ccco3)nc21. The Hall–Kier alpha value is -3.94. The lowest BCUT2D eigenvalue weighted by Gasteiger charge is -2.31. The van der Waals surface area contributed by atoms with Crippen molar-refractivity contribution in [2.75, 3.05) is 18.4 Å². The molecule has 1 aliphatic heterocycles. The fraction of sp³-hybridized carbons (Fsp3) is 0.308. The molecule has 0 aliphatic carbocycles. The molecule has 1 fully saturated rings. The fourth-order valence-corrected chi connectivity index (χ4v) is 4.40. The number of furan rings is 1. The van der Waals surface area contributed by atoms with Crippen molar-refractivity contribution in [1.29, 1.82) is 0 Å². The normalized spacial score (nSPS) is 14.6. The number of anilines is 1. The average Bonchev–Trinajstić information content (AvgIpc) is 3.54. The van der Waals surface area contributed by atoms with Crippen molar-refractivity contribution in [2.24, 2.45) is 5.92 Å². The van der Waals surface area contributed by atoms with Crippen LogP contribution >= 0.6 is 0 Å². The summed E-state index contributed by atoms with van der Waals surface area (Å²) in [5, 5.41) is 8.18. The molecule has 0 saturated carbocycles. The fourth-order valence-electron chi connectivity index (χ4n) is 4.40. The number of nitrogens with zero attached hydrogens (tertiary/aromatic N) is 4. The van der Waals surface area contributed by atoms with Crippen molar-refractivity contribution in [3.63, 3.8) is 0 Å². The van der Waals surface area contributed by atoms with Gasteiger partial charge in [0.05, 0.1) is 23.4 Å². The summed E-state index contributed by atoms with van der Waals surface area (Å²) in [6.07, 6.45) is 4.54. The molecule has 5 rings (SSSR count). The van der Waals surface area contributed by atoms with Gasteiger partial charge in [0.25, 0.3) is 5.91 Å². The van der Waals surface area contributed by atoms with Gasteiger partial charge in [0.15, 0.2) is 11.4 Å². The highest BCUT2D eigenvalue weighted by atomic mass is 16.3. The molecular formula is C26H27N5O3. The lowest BCUT2D eigenvalue weighted by atomic mass is 9.95. The van der Waals surface area contributed by atoms with Crippen LogP contribution in [0.1, 0.15) is 43.1 Å². The second-order valence-electron chi connectivity index (χ2n) is 8.87. The highest BCUT2D eigenvalue weighted by molar-refractivity contribution is 6.06. The van der Waals surface area contributed by atoms with Crippen molar-refractivity contribution in [3.05, 3.63) is 66.6 Å². The maximum absolute atomic E-state index is 13.6. The Bertz CT molecular complexity index is 1300. The number of nitrogens with one attached hydrogen (secondary N) is 1. The quantitative estimate of drug-likeness (QED) is 0.466. The molecule has 2 amide bonds. The second-order valence-corrected chi connectivity index (χ2v) is 8.87. The van der Waals surface area contributed by atoms with Crippen LogP contribution in [-0.4, -0.2) is 44.6 Å². The van der Waals surface area contributed by atoms with Crippen molar-refractivity contribution < 1.29 is 14.0 Å². The number of rotatable bonds is 5. The Kier molecular flexibility index (Phi) is 5.88. The first-order chi connectivity index (χ1) is 16.5. The van der Waals surface area contributed by atoms with Gasteiger partial charge < -0.3 is 14.6 Å². The van der Waals surface area contributed by atoms with Crippen LogP contribution < -0.4 is 5.32 Å². The van der Waals surface area contributed by atoms with E-state index in [0.717, 1.165) is 11.1 Å². The van der Waals surface area contributed by atoms with Crippen molar-refractivity contribution in [2.45, 2.75) is 32.7 Å². The Balaban J connectivity index is 1.37. The van der Waals surface area contributed by atoms with Crippen LogP contribution in [0.4, 0.5) is 5.69 Å². The van der Waals surface area contributed by atoms with E-state index >= 15 is 0 Å².